The first-order valence-corrected chi connectivity index (χ1v) is 5.23. The molecule has 0 saturated carbocycles. The van der Waals surface area contributed by atoms with Gasteiger partial charge >= 0.3 is 6.18 Å². The van der Waals surface area contributed by atoms with Crippen molar-refractivity contribution in [2.75, 3.05) is 14.1 Å². The van der Waals surface area contributed by atoms with Crippen molar-refractivity contribution >= 4 is 9.76 Å². The van der Waals surface area contributed by atoms with Gasteiger partial charge in [-0.2, -0.15) is 13.2 Å². The highest BCUT2D eigenvalue weighted by molar-refractivity contribution is 6.24. The molecule has 0 rings (SSSR count). The van der Waals surface area contributed by atoms with E-state index in [9.17, 15) is 13.2 Å². The minimum Gasteiger partial charge on any atom is -0.402 e. The lowest BCUT2D eigenvalue weighted by Gasteiger charge is -2.26. The van der Waals surface area contributed by atoms with Crippen LogP contribution in [0, 0.1) is 0 Å². The average Bonchev–Trinajstić information content (AvgIpc) is 1.79. The highest BCUT2D eigenvalue weighted by atomic mass is 28.2. The van der Waals surface area contributed by atoms with Crippen LogP contribution in [0.5, 0.6) is 0 Å². The molecule has 2 nitrogen and oxygen atoms in total. The highest BCUT2D eigenvalue weighted by Gasteiger charge is 2.41. The number of halogens is 3. The molecule has 0 radical (unpaired) electrons. The van der Waals surface area contributed by atoms with Gasteiger partial charge in [0.2, 0.25) is 0 Å². The maximum atomic E-state index is 12.0. The quantitative estimate of drug-likeness (QED) is 0.473. The van der Waals surface area contributed by atoms with Crippen LogP contribution in [-0.2, 0) is 4.43 Å². The standard InChI is InChI=1S/C5H12F3NOSi/c1-9(2)4(10-11-3)5(6,7)8/h4H,11H2,1-3H3. The molecule has 0 fully saturated rings. The molecule has 0 N–H and O–H groups in total. The van der Waals surface area contributed by atoms with E-state index in [2.05, 4.69) is 4.43 Å². The molecular formula is C5H12F3NOSi. The van der Waals surface area contributed by atoms with Crippen molar-refractivity contribution in [2.24, 2.45) is 0 Å². The normalized spacial score (nSPS) is 16.6. The maximum Gasteiger partial charge on any atom is 0.427 e. The summed E-state index contributed by atoms with van der Waals surface area (Å²) in [6.45, 7) is 1.67. The third-order valence-electron chi connectivity index (χ3n) is 1.07. The van der Waals surface area contributed by atoms with Gasteiger partial charge in [-0.3, -0.25) is 4.90 Å². The molecule has 0 amide bonds. The van der Waals surface area contributed by atoms with E-state index in [1.54, 1.807) is 6.55 Å². The van der Waals surface area contributed by atoms with Gasteiger partial charge in [-0.05, 0) is 14.1 Å². The summed E-state index contributed by atoms with van der Waals surface area (Å²) < 4.78 is 40.6. The molecule has 0 saturated heterocycles. The Kier molecular flexibility index (Phi) is 4.05. The van der Waals surface area contributed by atoms with Gasteiger partial charge in [0.05, 0.1) is 0 Å². The molecule has 0 heterocycles. The van der Waals surface area contributed by atoms with Crippen LogP contribution in [0.25, 0.3) is 0 Å². The highest BCUT2D eigenvalue weighted by Crippen LogP contribution is 2.23. The van der Waals surface area contributed by atoms with Crippen LogP contribution >= 0.6 is 0 Å². The molecule has 0 aromatic heterocycles. The van der Waals surface area contributed by atoms with E-state index in [1.807, 2.05) is 0 Å². The van der Waals surface area contributed by atoms with Crippen LogP contribution in [0.3, 0.4) is 0 Å². The molecule has 0 aliphatic carbocycles. The minimum absolute atomic E-state index is 1.02. The Morgan fingerprint density at radius 3 is 1.91 bits per heavy atom. The maximum absolute atomic E-state index is 12.0. The molecule has 0 spiro atoms. The molecule has 0 aromatic carbocycles. The number of rotatable bonds is 3. The Morgan fingerprint density at radius 2 is 1.82 bits per heavy atom. The SMILES string of the molecule is C[SiH2]OC(N(C)C)C(F)(F)F. The van der Waals surface area contributed by atoms with Crippen molar-refractivity contribution in [3.05, 3.63) is 0 Å². The lowest BCUT2D eigenvalue weighted by Crippen LogP contribution is -2.43. The zero-order valence-corrected chi connectivity index (χ0v) is 8.19. The van der Waals surface area contributed by atoms with Gasteiger partial charge in [0.15, 0.2) is 16.0 Å². The summed E-state index contributed by atoms with van der Waals surface area (Å²) >= 11 is 0. The third-order valence-corrected chi connectivity index (χ3v) is 1.72. The summed E-state index contributed by atoms with van der Waals surface area (Å²) in [7, 11) is 1.68. The molecule has 0 aliphatic heterocycles. The monoisotopic (exact) mass is 187 g/mol. The minimum atomic E-state index is -4.27. The van der Waals surface area contributed by atoms with E-state index in [1.165, 1.54) is 14.1 Å². The van der Waals surface area contributed by atoms with E-state index >= 15 is 0 Å². The Bertz CT molecular complexity index is 117. The Balaban J connectivity index is 4.10. The Hall–Kier alpha value is -0.0731. The van der Waals surface area contributed by atoms with E-state index in [0.29, 0.717) is 0 Å². The average molecular weight is 187 g/mol. The van der Waals surface area contributed by atoms with E-state index in [-0.39, 0.29) is 0 Å². The summed E-state index contributed by atoms with van der Waals surface area (Å²) in [6, 6.07) is 0. The largest absolute Gasteiger partial charge is 0.427 e. The van der Waals surface area contributed by atoms with E-state index in [0.717, 1.165) is 4.90 Å². The fourth-order valence-corrected chi connectivity index (χ4v) is 1.50. The first-order chi connectivity index (χ1) is 4.89. The van der Waals surface area contributed by atoms with Gasteiger partial charge < -0.3 is 4.43 Å². The van der Waals surface area contributed by atoms with Gasteiger partial charge in [-0.15, -0.1) is 0 Å². The van der Waals surface area contributed by atoms with Gasteiger partial charge in [0.1, 0.15) is 0 Å². The molecule has 0 bridgehead atoms. The van der Waals surface area contributed by atoms with Gasteiger partial charge in [-0.1, -0.05) is 6.55 Å². The fraction of sp³-hybridized carbons (Fsp3) is 1.00. The lowest BCUT2D eigenvalue weighted by molar-refractivity contribution is -0.232. The zero-order chi connectivity index (χ0) is 9.07. The third kappa shape index (κ3) is 3.73. The van der Waals surface area contributed by atoms with E-state index < -0.39 is 22.2 Å². The predicted octanol–water partition coefficient (Wildman–Crippen LogP) is 0.585. The van der Waals surface area contributed by atoms with Gasteiger partial charge in [-0.25, -0.2) is 0 Å². The molecule has 0 aliphatic rings. The summed E-state index contributed by atoms with van der Waals surface area (Å²) in [5, 5.41) is 0. The van der Waals surface area contributed by atoms with Crippen LogP contribution in [0.1, 0.15) is 0 Å². The molecule has 1 unspecified atom stereocenters. The van der Waals surface area contributed by atoms with Crippen molar-refractivity contribution in [2.45, 2.75) is 19.0 Å². The first-order valence-electron chi connectivity index (χ1n) is 3.24. The van der Waals surface area contributed by atoms with Crippen LogP contribution in [-0.4, -0.2) is 41.2 Å². The molecule has 1 atom stereocenters. The summed E-state index contributed by atoms with van der Waals surface area (Å²) in [4.78, 5) is 1.02. The molecular weight excluding hydrogens is 175 g/mol. The second-order valence-electron chi connectivity index (χ2n) is 2.31. The fourth-order valence-electron chi connectivity index (χ4n) is 0.694. The lowest BCUT2D eigenvalue weighted by atomic mass is 10.5. The summed E-state index contributed by atoms with van der Waals surface area (Å²) in [5.74, 6) is 0. The van der Waals surface area contributed by atoms with Crippen LogP contribution in [0.15, 0.2) is 0 Å². The van der Waals surface area contributed by atoms with Crippen molar-refractivity contribution in [1.29, 1.82) is 0 Å². The van der Waals surface area contributed by atoms with Crippen molar-refractivity contribution in [3.63, 3.8) is 0 Å². The number of hydrogen-bond donors (Lipinski definition) is 0. The number of nitrogens with zero attached hydrogens (tertiary/aromatic N) is 1. The van der Waals surface area contributed by atoms with Crippen LogP contribution < -0.4 is 0 Å². The van der Waals surface area contributed by atoms with Crippen molar-refractivity contribution in [3.8, 4) is 0 Å². The number of alkyl halides is 3. The first kappa shape index (κ1) is 10.9. The molecule has 11 heavy (non-hydrogen) atoms. The topological polar surface area (TPSA) is 12.5 Å². The van der Waals surface area contributed by atoms with Crippen LogP contribution in [0.2, 0.25) is 6.55 Å². The predicted molar refractivity (Wildman–Crippen MR) is 39.0 cm³/mol. The molecule has 6 heteroatoms. The summed E-state index contributed by atoms with van der Waals surface area (Å²) in [6.07, 6.45) is -5.99. The van der Waals surface area contributed by atoms with Gasteiger partial charge in [0, 0.05) is 0 Å². The number of hydrogen-bond acceptors (Lipinski definition) is 2. The second-order valence-corrected chi connectivity index (χ2v) is 3.22. The van der Waals surface area contributed by atoms with Crippen molar-refractivity contribution < 1.29 is 17.6 Å². The molecule has 68 valence electrons. The van der Waals surface area contributed by atoms with E-state index in [4.69, 9.17) is 0 Å². The molecule has 0 aromatic rings. The van der Waals surface area contributed by atoms with Gasteiger partial charge in [0.25, 0.3) is 0 Å². The van der Waals surface area contributed by atoms with Crippen LogP contribution in [0.4, 0.5) is 13.2 Å². The zero-order valence-electron chi connectivity index (χ0n) is 6.77. The smallest absolute Gasteiger partial charge is 0.402 e. The Morgan fingerprint density at radius 1 is 1.36 bits per heavy atom. The summed E-state index contributed by atoms with van der Waals surface area (Å²) in [5.41, 5.74) is 0. The second kappa shape index (κ2) is 4.08. The van der Waals surface area contributed by atoms with Crippen molar-refractivity contribution in [1.82, 2.24) is 4.90 Å². The Labute approximate surface area is 66.3 Å².